The Morgan fingerprint density at radius 3 is 2.33 bits per heavy atom. The highest BCUT2D eigenvalue weighted by Gasteiger charge is 2.28. The monoisotopic (exact) mass is 294 g/mol. The zero-order valence-corrected chi connectivity index (χ0v) is 14.2. The first-order valence-electron chi connectivity index (χ1n) is 8.20. The molecule has 0 unspecified atom stereocenters. The van der Waals surface area contributed by atoms with Crippen LogP contribution in [0.4, 0.5) is 10.1 Å². The molecule has 0 heterocycles. The molecule has 1 N–H and O–H groups in total. The van der Waals surface area contributed by atoms with Crippen molar-refractivity contribution in [2.45, 2.75) is 53.5 Å². The van der Waals surface area contributed by atoms with E-state index in [1.54, 1.807) is 12.1 Å². The summed E-state index contributed by atoms with van der Waals surface area (Å²) < 4.78 is 13.5. The minimum Gasteiger partial charge on any atom is -0.371 e. The van der Waals surface area contributed by atoms with Gasteiger partial charge in [0.25, 0.3) is 0 Å². The molecule has 0 saturated heterocycles. The van der Waals surface area contributed by atoms with Gasteiger partial charge in [0.15, 0.2) is 0 Å². The van der Waals surface area contributed by atoms with Crippen LogP contribution in [-0.2, 0) is 0 Å². The maximum absolute atomic E-state index is 13.5. The van der Waals surface area contributed by atoms with Gasteiger partial charge >= 0.3 is 0 Å². The lowest BCUT2D eigenvalue weighted by Gasteiger charge is -2.39. The Balaban J connectivity index is 2.88. The number of rotatable bonds is 9. The van der Waals surface area contributed by atoms with Crippen molar-refractivity contribution < 1.29 is 4.39 Å². The fourth-order valence-electron chi connectivity index (χ4n) is 2.66. The third-order valence-corrected chi connectivity index (χ3v) is 4.47. The Hall–Kier alpha value is -1.09. The molecule has 3 heteroatoms. The number of benzene rings is 1. The molecule has 0 amide bonds. The van der Waals surface area contributed by atoms with Gasteiger partial charge in [-0.25, -0.2) is 4.39 Å². The van der Waals surface area contributed by atoms with Crippen molar-refractivity contribution in [1.29, 1.82) is 0 Å². The molecule has 1 rings (SSSR count). The van der Waals surface area contributed by atoms with E-state index >= 15 is 0 Å². The van der Waals surface area contributed by atoms with Gasteiger partial charge < -0.3 is 10.2 Å². The smallest absolute Gasteiger partial charge is 0.125 e. The van der Waals surface area contributed by atoms with Crippen molar-refractivity contribution in [3.05, 3.63) is 30.1 Å². The summed E-state index contributed by atoms with van der Waals surface area (Å²) in [5, 5.41) is 3.58. The molecule has 0 aliphatic carbocycles. The van der Waals surface area contributed by atoms with Crippen LogP contribution in [0, 0.1) is 11.2 Å². The van der Waals surface area contributed by atoms with Crippen molar-refractivity contribution in [1.82, 2.24) is 5.32 Å². The molecule has 0 aliphatic heterocycles. The highest BCUT2D eigenvalue weighted by atomic mass is 19.1. The number of hydrogen-bond acceptors (Lipinski definition) is 2. The third-order valence-electron chi connectivity index (χ3n) is 4.47. The van der Waals surface area contributed by atoms with Crippen LogP contribution < -0.4 is 10.2 Å². The van der Waals surface area contributed by atoms with Crippen molar-refractivity contribution >= 4 is 5.69 Å². The van der Waals surface area contributed by atoms with Gasteiger partial charge in [-0.05, 0) is 43.4 Å². The van der Waals surface area contributed by atoms with Crippen LogP contribution in [0.5, 0.6) is 0 Å². The van der Waals surface area contributed by atoms with Crippen LogP contribution in [0.2, 0.25) is 0 Å². The zero-order valence-electron chi connectivity index (χ0n) is 14.2. The molecule has 2 nitrogen and oxygen atoms in total. The number of halogens is 1. The second-order valence-corrected chi connectivity index (χ2v) is 6.24. The van der Waals surface area contributed by atoms with Crippen LogP contribution in [-0.4, -0.2) is 25.7 Å². The summed E-state index contributed by atoms with van der Waals surface area (Å²) in [6, 6.07) is 7.42. The Morgan fingerprint density at radius 2 is 1.86 bits per heavy atom. The molecule has 0 atom stereocenters. The molecule has 0 spiro atoms. The van der Waals surface area contributed by atoms with Gasteiger partial charge in [-0.2, -0.15) is 0 Å². The third kappa shape index (κ3) is 5.31. The van der Waals surface area contributed by atoms with Crippen molar-refractivity contribution in [3.63, 3.8) is 0 Å². The van der Waals surface area contributed by atoms with E-state index in [9.17, 15) is 4.39 Å². The molecular weight excluding hydrogens is 263 g/mol. The van der Waals surface area contributed by atoms with E-state index in [-0.39, 0.29) is 11.2 Å². The minimum atomic E-state index is -0.162. The number of hydrogen-bond donors (Lipinski definition) is 1. The van der Waals surface area contributed by atoms with Gasteiger partial charge in [0, 0.05) is 31.4 Å². The molecule has 120 valence electrons. The van der Waals surface area contributed by atoms with Gasteiger partial charge in [-0.3, -0.25) is 0 Å². The molecule has 1 aromatic carbocycles. The van der Waals surface area contributed by atoms with E-state index in [4.69, 9.17) is 0 Å². The van der Waals surface area contributed by atoms with Crippen LogP contribution in [0.1, 0.15) is 47.5 Å². The molecule has 1 aromatic rings. The summed E-state index contributed by atoms with van der Waals surface area (Å²) in [5.74, 6) is -0.162. The summed E-state index contributed by atoms with van der Waals surface area (Å²) in [7, 11) is 0. The number of anilines is 1. The minimum absolute atomic E-state index is 0.162. The number of nitrogens with one attached hydrogen (secondary N) is 1. The fraction of sp³-hybridized carbons (Fsp3) is 0.667. The average molecular weight is 294 g/mol. The molecule has 0 aliphatic rings. The lowest BCUT2D eigenvalue weighted by molar-refractivity contribution is 0.246. The lowest BCUT2D eigenvalue weighted by atomic mass is 9.81. The maximum Gasteiger partial charge on any atom is 0.125 e. The van der Waals surface area contributed by atoms with E-state index in [1.807, 2.05) is 6.07 Å². The highest BCUT2D eigenvalue weighted by molar-refractivity contribution is 5.46. The predicted molar refractivity (Wildman–Crippen MR) is 90.4 cm³/mol. The Bertz CT molecular complexity index is 413. The standard InChI is InChI=1S/C18H31FN2/c1-6-18(7-2,13-20-15(4)5)14-21(8-3)17-11-9-10-16(19)12-17/h9-12,15,20H,6-8,13-14H2,1-5H3. The molecule has 21 heavy (non-hydrogen) atoms. The molecule has 0 aromatic heterocycles. The topological polar surface area (TPSA) is 15.3 Å². The van der Waals surface area contributed by atoms with Gasteiger partial charge in [-0.15, -0.1) is 0 Å². The largest absolute Gasteiger partial charge is 0.371 e. The van der Waals surface area contributed by atoms with Crippen molar-refractivity contribution in [3.8, 4) is 0 Å². The number of nitrogens with zero attached hydrogens (tertiary/aromatic N) is 1. The molecule has 0 fully saturated rings. The SMILES string of the molecule is CCN(CC(CC)(CC)CNC(C)C)c1cccc(F)c1. The average Bonchev–Trinajstić information content (AvgIpc) is 2.48. The van der Waals surface area contributed by atoms with Crippen molar-refractivity contribution in [2.24, 2.45) is 5.41 Å². The van der Waals surface area contributed by atoms with Gasteiger partial charge in [0.1, 0.15) is 5.82 Å². The molecule has 0 saturated carbocycles. The van der Waals surface area contributed by atoms with Gasteiger partial charge in [-0.1, -0.05) is 33.8 Å². The first-order chi connectivity index (χ1) is 9.96. The highest BCUT2D eigenvalue weighted by Crippen LogP contribution is 2.29. The second kappa shape index (κ2) is 8.38. The first kappa shape index (κ1) is 18.0. The first-order valence-corrected chi connectivity index (χ1v) is 8.20. The fourth-order valence-corrected chi connectivity index (χ4v) is 2.66. The molecule has 0 bridgehead atoms. The summed E-state index contributed by atoms with van der Waals surface area (Å²) in [5.41, 5.74) is 1.21. The van der Waals surface area contributed by atoms with Crippen LogP contribution in [0.25, 0.3) is 0 Å². The Kier molecular flexibility index (Phi) is 7.16. The van der Waals surface area contributed by atoms with Gasteiger partial charge in [0.2, 0.25) is 0 Å². The van der Waals surface area contributed by atoms with Crippen molar-refractivity contribution in [2.75, 3.05) is 24.5 Å². The van der Waals surface area contributed by atoms with Crippen LogP contribution in [0.15, 0.2) is 24.3 Å². The van der Waals surface area contributed by atoms with E-state index in [1.165, 1.54) is 6.07 Å². The second-order valence-electron chi connectivity index (χ2n) is 6.24. The predicted octanol–water partition coefficient (Wildman–Crippen LogP) is 4.46. The maximum atomic E-state index is 13.5. The summed E-state index contributed by atoms with van der Waals surface area (Å²) in [4.78, 5) is 2.29. The van der Waals surface area contributed by atoms with E-state index in [0.29, 0.717) is 6.04 Å². The van der Waals surface area contributed by atoms with Crippen LogP contribution in [0.3, 0.4) is 0 Å². The van der Waals surface area contributed by atoms with E-state index in [2.05, 4.69) is 44.8 Å². The van der Waals surface area contributed by atoms with E-state index in [0.717, 1.165) is 38.2 Å². The Labute approximate surface area is 129 Å². The summed E-state index contributed by atoms with van der Waals surface area (Å²) >= 11 is 0. The van der Waals surface area contributed by atoms with E-state index < -0.39 is 0 Å². The summed E-state index contributed by atoms with van der Waals surface area (Å²) in [6.07, 6.45) is 2.24. The summed E-state index contributed by atoms with van der Waals surface area (Å²) in [6.45, 7) is 13.9. The molecular formula is C18H31FN2. The zero-order chi connectivity index (χ0) is 15.9. The van der Waals surface area contributed by atoms with Gasteiger partial charge in [0.05, 0.1) is 0 Å². The normalized spacial score (nSPS) is 12.0. The Morgan fingerprint density at radius 1 is 1.19 bits per heavy atom. The quantitative estimate of drug-likeness (QED) is 0.723. The van der Waals surface area contributed by atoms with Crippen LogP contribution >= 0.6 is 0 Å². The lowest BCUT2D eigenvalue weighted by Crippen LogP contribution is -2.45. The molecule has 0 radical (unpaired) electrons.